The summed E-state index contributed by atoms with van der Waals surface area (Å²) in [5.74, 6) is 0.893. The number of hydrogen-bond acceptors (Lipinski definition) is 4. The van der Waals surface area contributed by atoms with Crippen molar-refractivity contribution in [2.24, 2.45) is 0 Å². The van der Waals surface area contributed by atoms with Gasteiger partial charge in [-0.1, -0.05) is 17.7 Å². The van der Waals surface area contributed by atoms with Crippen molar-refractivity contribution in [1.82, 2.24) is 9.80 Å². The van der Waals surface area contributed by atoms with Crippen molar-refractivity contribution in [3.8, 4) is 5.75 Å². The van der Waals surface area contributed by atoms with Gasteiger partial charge in [-0.2, -0.15) is 0 Å². The molecule has 1 aromatic rings. The summed E-state index contributed by atoms with van der Waals surface area (Å²) in [7, 11) is 1.62. The van der Waals surface area contributed by atoms with Gasteiger partial charge in [-0.05, 0) is 25.8 Å². The molecule has 1 unspecified atom stereocenters. The molecular weight excluding hydrogens is 320 g/mol. The molecule has 2 aliphatic rings. The first-order valence-corrected chi connectivity index (χ1v) is 8.90. The van der Waals surface area contributed by atoms with E-state index >= 15 is 0 Å². The van der Waals surface area contributed by atoms with E-state index < -0.39 is 0 Å². The van der Waals surface area contributed by atoms with E-state index in [1.165, 1.54) is 0 Å². The molecular formula is C19H26N2O4. The molecule has 2 saturated heterocycles. The average Bonchev–Trinajstić information content (AvgIpc) is 3.16. The van der Waals surface area contributed by atoms with Crippen molar-refractivity contribution in [2.45, 2.75) is 32.3 Å². The number of amides is 2. The number of hydrogen-bond donors (Lipinski definition) is 0. The minimum atomic E-state index is -0.279. The lowest BCUT2D eigenvalue weighted by molar-refractivity contribution is -0.145. The molecule has 1 atom stereocenters. The van der Waals surface area contributed by atoms with E-state index in [4.69, 9.17) is 9.47 Å². The van der Waals surface area contributed by atoms with Crippen LogP contribution in [0.25, 0.3) is 0 Å². The Bertz CT molecular complexity index is 632. The zero-order valence-electron chi connectivity index (χ0n) is 15.0. The van der Waals surface area contributed by atoms with Gasteiger partial charge in [0, 0.05) is 38.3 Å². The second-order valence-electron chi connectivity index (χ2n) is 6.70. The lowest BCUT2D eigenvalue weighted by Crippen LogP contribution is -2.53. The summed E-state index contributed by atoms with van der Waals surface area (Å²) in [6, 6.07) is 5.87. The van der Waals surface area contributed by atoms with Gasteiger partial charge in [-0.25, -0.2) is 0 Å². The molecule has 2 amide bonds. The van der Waals surface area contributed by atoms with Gasteiger partial charge in [0.2, 0.25) is 5.91 Å². The Morgan fingerprint density at radius 1 is 1.20 bits per heavy atom. The van der Waals surface area contributed by atoms with Gasteiger partial charge >= 0.3 is 0 Å². The number of benzene rings is 1. The van der Waals surface area contributed by atoms with Crippen LogP contribution >= 0.6 is 0 Å². The molecule has 0 aromatic heterocycles. The second-order valence-corrected chi connectivity index (χ2v) is 6.70. The average molecular weight is 346 g/mol. The van der Waals surface area contributed by atoms with Crippen LogP contribution in [0, 0.1) is 6.92 Å². The zero-order chi connectivity index (χ0) is 17.8. The number of carbonyl (C=O) groups is 2. The van der Waals surface area contributed by atoms with Crippen LogP contribution in [-0.2, 0) is 20.7 Å². The van der Waals surface area contributed by atoms with E-state index in [-0.39, 0.29) is 17.9 Å². The number of ether oxygens (including phenoxy) is 2. The standard InChI is InChI=1S/C19H26N2O4/c1-14-5-6-16(24-2)15(12-14)13-18(22)20-7-9-21(10-8-20)19(23)17-4-3-11-25-17/h5-6,12,17H,3-4,7-11,13H2,1-2H3. The number of nitrogens with zero attached hydrogens (tertiary/aromatic N) is 2. The molecule has 0 bridgehead atoms. The summed E-state index contributed by atoms with van der Waals surface area (Å²) >= 11 is 0. The van der Waals surface area contributed by atoms with Gasteiger partial charge in [0.25, 0.3) is 5.91 Å². The molecule has 6 nitrogen and oxygen atoms in total. The maximum atomic E-state index is 12.6. The van der Waals surface area contributed by atoms with Crippen LogP contribution in [0.2, 0.25) is 0 Å². The second kappa shape index (κ2) is 7.87. The molecule has 136 valence electrons. The van der Waals surface area contributed by atoms with Gasteiger partial charge in [-0.3, -0.25) is 9.59 Å². The fraction of sp³-hybridized carbons (Fsp3) is 0.579. The first-order chi connectivity index (χ1) is 12.1. The highest BCUT2D eigenvalue weighted by Gasteiger charge is 2.31. The Hall–Kier alpha value is -2.08. The zero-order valence-corrected chi connectivity index (χ0v) is 15.0. The molecule has 2 heterocycles. The van der Waals surface area contributed by atoms with Crippen molar-refractivity contribution in [3.05, 3.63) is 29.3 Å². The first kappa shape index (κ1) is 17.7. The van der Waals surface area contributed by atoms with Gasteiger partial charge in [0.1, 0.15) is 11.9 Å². The Labute approximate surface area is 148 Å². The van der Waals surface area contributed by atoms with Gasteiger partial charge in [0.15, 0.2) is 0 Å². The molecule has 2 aliphatic heterocycles. The van der Waals surface area contributed by atoms with Gasteiger partial charge in [0.05, 0.1) is 13.5 Å². The van der Waals surface area contributed by atoms with E-state index in [9.17, 15) is 9.59 Å². The fourth-order valence-electron chi connectivity index (χ4n) is 3.47. The number of methoxy groups -OCH3 is 1. The Balaban J connectivity index is 1.55. The maximum Gasteiger partial charge on any atom is 0.251 e. The quantitative estimate of drug-likeness (QED) is 0.827. The third-order valence-electron chi connectivity index (χ3n) is 4.93. The number of carbonyl (C=O) groups excluding carboxylic acids is 2. The summed E-state index contributed by atoms with van der Waals surface area (Å²) in [6.45, 7) is 4.98. The molecule has 2 fully saturated rings. The molecule has 0 saturated carbocycles. The monoisotopic (exact) mass is 346 g/mol. The minimum Gasteiger partial charge on any atom is -0.496 e. The molecule has 1 aromatic carbocycles. The van der Waals surface area contributed by atoms with E-state index in [2.05, 4.69) is 0 Å². The third kappa shape index (κ3) is 4.12. The summed E-state index contributed by atoms with van der Waals surface area (Å²) in [5.41, 5.74) is 2.01. The van der Waals surface area contributed by atoms with Crippen molar-refractivity contribution >= 4 is 11.8 Å². The van der Waals surface area contributed by atoms with Crippen LogP contribution in [0.5, 0.6) is 5.75 Å². The van der Waals surface area contributed by atoms with Gasteiger partial charge < -0.3 is 19.3 Å². The Morgan fingerprint density at radius 3 is 2.56 bits per heavy atom. The van der Waals surface area contributed by atoms with Crippen molar-refractivity contribution in [3.63, 3.8) is 0 Å². The van der Waals surface area contributed by atoms with Crippen molar-refractivity contribution in [2.75, 3.05) is 39.9 Å². The normalized spacial score (nSPS) is 20.6. The highest BCUT2D eigenvalue weighted by Crippen LogP contribution is 2.21. The predicted molar refractivity (Wildman–Crippen MR) is 93.6 cm³/mol. The minimum absolute atomic E-state index is 0.0740. The molecule has 6 heteroatoms. The number of rotatable bonds is 4. The summed E-state index contributed by atoms with van der Waals surface area (Å²) in [6.07, 6.45) is 1.81. The predicted octanol–water partition coefficient (Wildman–Crippen LogP) is 1.40. The van der Waals surface area contributed by atoms with Crippen LogP contribution < -0.4 is 4.74 Å². The van der Waals surface area contributed by atoms with E-state index in [1.54, 1.807) is 7.11 Å². The Kier molecular flexibility index (Phi) is 5.58. The Morgan fingerprint density at radius 2 is 1.92 bits per heavy atom. The highest BCUT2D eigenvalue weighted by molar-refractivity contribution is 5.82. The summed E-state index contributed by atoms with van der Waals surface area (Å²) < 4.78 is 10.8. The maximum absolute atomic E-state index is 12.6. The van der Waals surface area contributed by atoms with Crippen LogP contribution in [-0.4, -0.2) is 67.6 Å². The largest absolute Gasteiger partial charge is 0.496 e. The molecule has 0 spiro atoms. The SMILES string of the molecule is COc1ccc(C)cc1CC(=O)N1CCN(C(=O)C2CCCO2)CC1. The lowest BCUT2D eigenvalue weighted by Gasteiger charge is -2.35. The molecule has 0 N–H and O–H groups in total. The first-order valence-electron chi connectivity index (χ1n) is 8.90. The van der Waals surface area contributed by atoms with Crippen molar-refractivity contribution in [1.29, 1.82) is 0 Å². The van der Waals surface area contributed by atoms with Crippen LogP contribution in [0.1, 0.15) is 24.0 Å². The van der Waals surface area contributed by atoms with E-state index in [0.29, 0.717) is 39.2 Å². The van der Waals surface area contributed by atoms with E-state index in [0.717, 1.165) is 29.7 Å². The summed E-state index contributed by atoms with van der Waals surface area (Å²) in [4.78, 5) is 28.7. The highest BCUT2D eigenvalue weighted by atomic mass is 16.5. The van der Waals surface area contributed by atoms with E-state index in [1.807, 2.05) is 34.9 Å². The summed E-state index contributed by atoms with van der Waals surface area (Å²) in [5, 5.41) is 0. The number of aryl methyl sites for hydroxylation is 1. The van der Waals surface area contributed by atoms with Crippen LogP contribution in [0.4, 0.5) is 0 Å². The number of piperazine rings is 1. The molecule has 0 radical (unpaired) electrons. The van der Waals surface area contributed by atoms with Crippen molar-refractivity contribution < 1.29 is 19.1 Å². The van der Waals surface area contributed by atoms with Crippen LogP contribution in [0.15, 0.2) is 18.2 Å². The third-order valence-corrected chi connectivity index (χ3v) is 4.93. The van der Waals surface area contributed by atoms with Gasteiger partial charge in [-0.15, -0.1) is 0 Å². The smallest absolute Gasteiger partial charge is 0.251 e. The topological polar surface area (TPSA) is 59.1 Å². The van der Waals surface area contributed by atoms with Crippen LogP contribution in [0.3, 0.4) is 0 Å². The molecule has 3 rings (SSSR count). The molecule has 0 aliphatic carbocycles. The molecule has 25 heavy (non-hydrogen) atoms. The lowest BCUT2D eigenvalue weighted by atomic mass is 10.1. The fourth-order valence-corrected chi connectivity index (χ4v) is 3.47.